The average molecular weight is 344 g/mol. The molecule has 1 heterocycles. The third kappa shape index (κ3) is 4.33. The van der Waals surface area contributed by atoms with Gasteiger partial charge in [-0.2, -0.15) is 0 Å². The van der Waals surface area contributed by atoms with Gasteiger partial charge in [0.2, 0.25) is 0 Å². The Morgan fingerprint density at radius 1 is 0.917 bits per heavy atom. The highest BCUT2D eigenvalue weighted by Gasteiger charge is 2.06. The Morgan fingerprint density at radius 3 is 2.54 bits per heavy atom. The summed E-state index contributed by atoms with van der Waals surface area (Å²) in [5.41, 5.74) is 4.20. The lowest BCUT2D eigenvalue weighted by molar-refractivity contribution is 0.628. The third-order valence-electron chi connectivity index (χ3n) is 4.27. The van der Waals surface area contributed by atoms with Crippen LogP contribution in [0.4, 0.5) is 4.39 Å². The first-order valence-corrected chi connectivity index (χ1v) is 8.41. The lowest BCUT2D eigenvalue weighted by Gasteiger charge is -2.09. The highest BCUT2D eigenvalue weighted by atomic mass is 35.5. The maximum Gasteiger partial charge on any atom is 0.123 e. The fourth-order valence-electron chi connectivity index (χ4n) is 3.00. The first-order chi connectivity index (χ1) is 11.3. The molecular formula is C21H23ClFN. The molecular weight excluding hydrogens is 321 g/mol. The quantitative estimate of drug-likeness (QED) is 0.460. The van der Waals surface area contributed by atoms with E-state index in [-0.39, 0.29) is 18.2 Å². The second kappa shape index (κ2) is 8.79. The Bertz CT molecular complexity index is 801. The molecule has 2 aromatic carbocycles. The van der Waals surface area contributed by atoms with Gasteiger partial charge in [0.15, 0.2) is 0 Å². The van der Waals surface area contributed by atoms with Gasteiger partial charge in [0, 0.05) is 17.1 Å². The maximum atomic E-state index is 13.5. The van der Waals surface area contributed by atoms with Gasteiger partial charge in [-0.1, -0.05) is 50.5 Å². The standard InChI is InChI=1S/C21H22FN.ClH/c1-2-3-4-5-8-16-9-7-12-21-20(16)14-18(15-23-21)17-10-6-11-19(22)13-17;/h6-7,9-15H,2-5,8H2,1H3;1H. The fourth-order valence-corrected chi connectivity index (χ4v) is 3.00. The Hall–Kier alpha value is -1.93. The molecule has 126 valence electrons. The topological polar surface area (TPSA) is 12.9 Å². The van der Waals surface area contributed by atoms with E-state index in [1.807, 2.05) is 18.3 Å². The van der Waals surface area contributed by atoms with E-state index in [4.69, 9.17) is 0 Å². The van der Waals surface area contributed by atoms with Crippen LogP contribution < -0.4 is 0 Å². The number of rotatable bonds is 6. The van der Waals surface area contributed by atoms with Crippen LogP contribution in [0, 0.1) is 5.82 Å². The molecule has 0 amide bonds. The van der Waals surface area contributed by atoms with Crippen molar-refractivity contribution in [1.29, 1.82) is 0 Å². The summed E-state index contributed by atoms with van der Waals surface area (Å²) in [6.07, 6.45) is 7.92. The van der Waals surface area contributed by atoms with Crippen molar-refractivity contribution >= 4 is 23.3 Å². The minimum Gasteiger partial charge on any atom is -0.256 e. The summed E-state index contributed by atoms with van der Waals surface area (Å²) in [7, 11) is 0. The Kier molecular flexibility index (Phi) is 6.74. The number of halogens is 2. The molecule has 0 atom stereocenters. The zero-order valence-electron chi connectivity index (χ0n) is 14.0. The van der Waals surface area contributed by atoms with Gasteiger partial charge in [0.25, 0.3) is 0 Å². The summed E-state index contributed by atoms with van der Waals surface area (Å²) in [6, 6.07) is 15.1. The molecule has 0 N–H and O–H groups in total. The van der Waals surface area contributed by atoms with Gasteiger partial charge in [-0.05, 0) is 48.2 Å². The summed E-state index contributed by atoms with van der Waals surface area (Å²) in [5.74, 6) is -0.213. The Balaban J connectivity index is 0.00000208. The zero-order valence-corrected chi connectivity index (χ0v) is 14.8. The van der Waals surface area contributed by atoms with E-state index in [0.717, 1.165) is 23.1 Å². The smallest absolute Gasteiger partial charge is 0.123 e. The lowest BCUT2D eigenvalue weighted by Crippen LogP contribution is -1.91. The molecule has 0 bridgehead atoms. The van der Waals surface area contributed by atoms with Crippen molar-refractivity contribution in [3.8, 4) is 11.1 Å². The van der Waals surface area contributed by atoms with Crippen molar-refractivity contribution in [3.63, 3.8) is 0 Å². The van der Waals surface area contributed by atoms with E-state index in [0.29, 0.717) is 0 Å². The van der Waals surface area contributed by atoms with Crippen LogP contribution in [0.15, 0.2) is 54.7 Å². The minimum absolute atomic E-state index is 0. The molecule has 24 heavy (non-hydrogen) atoms. The molecule has 1 aromatic heterocycles. The highest BCUT2D eigenvalue weighted by Crippen LogP contribution is 2.26. The summed E-state index contributed by atoms with van der Waals surface area (Å²) >= 11 is 0. The molecule has 0 aliphatic carbocycles. The number of hydrogen-bond acceptors (Lipinski definition) is 1. The normalized spacial score (nSPS) is 10.6. The number of nitrogens with zero attached hydrogens (tertiary/aromatic N) is 1. The van der Waals surface area contributed by atoms with Crippen LogP contribution in [0.5, 0.6) is 0 Å². The van der Waals surface area contributed by atoms with Crippen molar-refractivity contribution in [2.24, 2.45) is 0 Å². The van der Waals surface area contributed by atoms with Crippen LogP contribution in [-0.4, -0.2) is 4.98 Å². The van der Waals surface area contributed by atoms with Crippen LogP contribution in [0.25, 0.3) is 22.0 Å². The molecule has 0 saturated carbocycles. The van der Waals surface area contributed by atoms with E-state index >= 15 is 0 Å². The minimum atomic E-state index is -0.213. The number of fused-ring (bicyclic) bond motifs is 1. The van der Waals surface area contributed by atoms with Gasteiger partial charge in [0.1, 0.15) is 5.82 Å². The predicted molar refractivity (Wildman–Crippen MR) is 102 cm³/mol. The third-order valence-corrected chi connectivity index (χ3v) is 4.27. The van der Waals surface area contributed by atoms with Crippen molar-refractivity contribution in [3.05, 3.63) is 66.1 Å². The lowest BCUT2D eigenvalue weighted by atomic mass is 9.99. The van der Waals surface area contributed by atoms with Gasteiger partial charge in [-0.25, -0.2) is 4.39 Å². The number of benzene rings is 2. The highest BCUT2D eigenvalue weighted by molar-refractivity contribution is 5.86. The number of pyridine rings is 1. The largest absolute Gasteiger partial charge is 0.256 e. The van der Waals surface area contributed by atoms with Crippen LogP contribution in [0.3, 0.4) is 0 Å². The molecule has 0 unspecified atom stereocenters. The van der Waals surface area contributed by atoms with Crippen LogP contribution in [-0.2, 0) is 6.42 Å². The Labute approximate surface area is 149 Å². The van der Waals surface area contributed by atoms with E-state index in [9.17, 15) is 4.39 Å². The monoisotopic (exact) mass is 343 g/mol. The first kappa shape index (κ1) is 18.4. The number of hydrogen-bond donors (Lipinski definition) is 0. The van der Waals surface area contributed by atoms with E-state index < -0.39 is 0 Å². The molecule has 0 fully saturated rings. The summed E-state index contributed by atoms with van der Waals surface area (Å²) in [6.45, 7) is 2.23. The van der Waals surface area contributed by atoms with Crippen molar-refractivity contribution in [2.75, 3.05) is 0 Å². The van der Waals surface area contributed by atoms with Gasteiger partial charge >= 0.3 is 0 Å². The molecule has 0 aliphatic heterocycles. The van der Waals surface area contributed by atoms with Gasteiger partial charge in [-0.3, -0.25) is 4.98 Å². The van der Waals surface area contributed by atoms with Crippen molar-refractivity contribution < 1.29 is 4.39 Å². The van der Waals surface area contributed by atoms with Gasteiger partial charge in [0.05, 0.1) is 5.52 Å². The molecule has 3 heteroatoms. The SMILES string of the molecule is CCCCCCc1cccc2ncc(-c3cccc(F)c3)cc12.Cl. The van der Waals surface area contributed by atoms with E-state index in [2.05, 4.69) is 30.1 Å². The molecule has 3 rings (SSSR count). The molecule has 0 saturated heterocycles. The molecule has 3 aromatic rings. The molecule has 1 nitrogen and oxygen atoms in total. The maximum absolute atomic E-state index is 13.5. The second-order valence-corrected chi connectivity index (χ2v) is 6.03. The fraction of sp³-hybridized carbons (Fsp3) is 0.286. The van der Waals surface area contributed by atoms with Gasteiger partial charge in [-0.15, -0.1) is 12.4 Å². The van der Waals surface area contributed by atoms with Crippen LogP contribution in [0.2, 0.25) is 0 Å². The molecule has 0 aliphatic rings. The second-order valence-electron chi connectivity index (χ2n) is 6.03. The Morgan fingerprint density at radius 2 is 1.75 bits per heavy atom. The van der Waals surface area contributed by atoms with Crippen LogP contribution >= 0.6 is 12.4 Å². The van der Waals surface area contributed by atoms with Gasteiger partial charge < -0.3 is 0 Å². The molecule has 0 spiro atoms. The van der Waals surface area contributed by atoms with Crippen LogP contribution in [0.1, 0.15) is 38.2 Å². The first-order valence-electron chi connectivity index (χ1n) is 8.41. The number of unbranched alkanes of at least 4 members (excludes halogenated alkanes) is 3. The summed E-state index contributed by atoms with van der Waals surface area (Å²) in [5, 5.41) is 1.19. The van der Waals surface area contributed by atoms with E-state index in [1.54, 1.807) is 12.1 Å². The van der Waals surface area contributed by atoms with E-state index in [1.165, 1.54) is 42.7 Å². The van der Waals surface area contributed by atoms with Crippen molar-refractivity contribution in [2.45, 2.75) is 39.0 Å². The summed E-state index contributed by atoms with van der Waals surface area (Å²) in [4.78, 5) is 4.57. The zero-order chi connectivity index (χ0) is 16.1. The number of aromatic nitrogens is 1. The molecule has 0 radical (unpaired) electrons. The predicted octanol–water partition coefficient (Wildman–Crippen LogP) is 6.59. The summed E-state index contributed by atoms with van der Waals surface area (Å²) < 4.78 is 13.5. The average Bonchev–Trinajstić information content (AvgIpc) is 2.58. The number of aryl methyl sites for hydroxylation is 1. The van der Waals surface area contributed by atoms with Crippen molar-refractivity contribution in [1.82, 2.24) is 4.98 Å².